The molecule has 0 fully saturated rings. The summed E-state index contributed by atoms with van der Waals surface area (Å²) >= 11 is 0. The largest absolute Gasteiger partial charge is 0.493 e. The first-order chi connectivity index (χ1) is 14.1. The first-order valence-electron chi connectivity index (χ1n) is 9.19. The van der Waals surface area contributed by atoms with Crippen LogP contribution in [-0.2, 0) is 4.79 Å². The lowest BCUT2D eigenvalue weighted by atomic mass is 10.0. The molecule has 0 bridgehead atoms. The maximum atomic E-state index is 12.3. The molecule has 0 saturated carbocycles. The summed E-state index contributed by atoms with van der Waals surface area (Å²) in [4.78, 5) is 24.4. The van der Waals surface area contributed by atoms with Gasteiger partial charge in [0, 0.05) is 11.6 Å². The molecule has 0 saturated heterocycles. The lowest BCUT2D eigenvalue weighted by Gasteiger charge is -2.11. The van der Waals surface area contributed by atoms with Gasteiger partial charge in [0.1, 0.15) is 0 Å². The SMILES string of the molecule is CCOc1ccc(C(=O)NNC(=O)/C=C/c2cccc3ccccc23)cc1OC. The summed E-state index contributed by atoms with van der Waals surface area (Å²) in [6, 6.07) is 18.6. The molecule has 0 aliphatic heterocycles. The predicted octanol–water partition coefficient (Wildman–Crippen LogP) is 3.72. The lowest BCUT2D eigenvalue weighted by Crippen LogP contribution is -2.40. The fourth-order valence-corrected chi connectivity index (χ4v) is 2.88. The fourth-order valence-electron chi connectivity index (χ4n) is 2.88. The van der Waals surface area contributed by atoms with E-state index in [9.17, 15) is 9.59 Å². The number of hydrazine groups is 1. The summed E-state index contributed by atoms with van der Waals surface area (Å²) < 4.78 is 10.7. The van der Waals surface area contributed by atoms with Crippen LogP contribution in [0.15, 0.2) is 66.7 Å². The van der Waals surface area contributed by atoms with E-state index in [4.69, 9.17) is 9.47 Å². The molecule has 0 aliphatic rings. The molecule has 3 aromatic carbocycles. The highest BCUT2D eigenvalue weighted by Crippen LogP contribution is 2.27. The Balaban J connectivity index is 1.63. The Hall–Kier alpha value is -3.80. The van der Waals surface area contributed by atoms with Gasteiger partial charge in [-0.25, -0.2) is 0 Å². The van der Waals surface area contributed by atoms with Crippen molar-refractivity contribution in [2.24, 2.45) is 0 Å². The van der Waals surface area contributed by atoms with Gasteiger partial charge in [-0.05, 0) is 47.5 Å². The zero-order chi connectivity index (χ0) is 20.6. The van der Waals surface area contributed by atoms with E-state index in [1.165, 1.54) is 13.2 Å². The summed E-state index contributed by atoms with van der Waals surface area (Å²) in [7, 11) is 1.50. The van der Waals surface area contributed by atoms with E-state index >= 15 is 0 Å². The number of methoxy groups -OCH3 is 1. The molecule has 2 amide bonds. The third-order valence-electron chi connectivity index (χ3n) is 4.26. The molecule has 0 atom stereocenters. The number of fused-ring (bicyclic) bond motifs is 1. The van der Waals surface area contributed by atoms with Gasteiger partial charge < -0.3 is 9.47 Å². The van der Waals surface area contributed by atoms with Gasteiger partial charge in [-0.3, -0.25) is 20.4 Å². The van der Waals surface area contributed by atoms with Crippen molar-refractivity contribution in [3.05, 3.63) is 77.9 Å². The van der Waals surface area contributed by atoms with Gasteiger partial charge in [0.2, 0.25) is 0 Å². The van der Waals surface area contributed by atoms with Crippen LogP contribution in [0.4, 0.5) is 0 Å². The molecule has 0 aliphatic carbocycles. The molecule has 0 heterocycles. The van der Waals surface area contributed by atoms with Crippen LogP contribution < -0.4 is 20.3 Å². The Morgan fingerprint density at radius 2 is 1.76 bits per heavy atom. The third kappa shape index (κ3) is 4.93. The number of carbonyl (C=O) groups is 2. The predicted molar refractivity (Wildman–Crippen MR) is 113 cm³/mol. The number of carbonyl (C=O) groups excluding carboxylic acids is 2. The van der Waals surface area contributed by atoms with Crippen molar-refractivity contribution in [2.45, 2.75) is 6.92 Å². The average molecular weight is 390 g/mol. The van der Waals surface area contributed by atoms with Crippen LogP contribution >= 0.6 is 0 Å². The van der Waals surface area contributed by atoms with Crippen LogP contribution in [0.3, 0.4) is 0 Å². The molecule has 3 rings (SSSR count). The molecule has 3 aromatic rings. The number of ether oxygens (including phenoxy) is 2. The molecule has 0 aromatic heterocycles. The van der Waals surface area contributed by atoms with Crippen molar-refractivity contribution in [1.29, 1.82) is 0 Å². The normalized spacial score (nSPS) is 10.7. The highest BCUT2D eigenvalue weighted by atomic mass is 16.5. The van der Waals surface area contributed by atoms with Gasteiger partial charge in [0.05, 0.1) is 13.7 Å². The van der Waals surface area contributed by atoms with Gasteiger partial charge >= 0.3 is 0 Å². The van der Waals surface area contributed by atoms with Crippen molar-refractivity contribution in [1.82, 2.24) is 10.9 Å². The molecule has 6 heteroatoms. The molecule has 148 valence electrons. The number of benzene rings is 3. The van der Waals surface area contributed by atoms with Gasteiger partial charge in [0.15, 0.2) is 11.5 Å². The Kier molecular flexibility index (Phi) is 6.47. The second-order valence-electron chi connectivity index (χ2n) is 6.14. The summed E-state index contributed by atoms with van der Waals surface area (Å²) in [5.41, 5.74) is 6.02. The van der Waals surface area contributed by atoms with Crippen molar-refractivity contribution in [3.63, 3.8) is 0 Å². The lowest BCUT2D eigenvalue weighted by molar-refractivity contribution is -0.117. The molecule has 29 heavy (non-hydrogen) atoms. The third-order valence-corrected chi connectivity index (χ3v) is 4.26. The van der Waals surface area contributed by atoms with Gasteiger partial charge in [0.25, 0.3) is 11.8 Å². The highest BCUT2D eigenvalue weighted by Gasteiger charge is 2.11. The van der Waals surface area contributed by atoms with Gasteiger partial charge in [-0.2, -0.15) is 0 Å². The second kappa shape index (κ2) is 9.41. The summed E-state index contributed by atoms with van der Waals surface area (Å²) in [6.45, 7) is 2.35. The molecule has 6 nitrogen and oxygen atoms in total. The molecular formula is C23H22N2O4. The van der Waals surface area contributed by atoms with E-state index in [-0.39, 0.29) is 0 Å². The van der Waals surface area contributed by atoms with Gasteiger partial charge in [-0.15, -0.1) is 0 Å². The van der Waals surface area contributed by atoms with E-state index in [1.807, 2.05) is 49.4 Å². The molecular weight excluding hydrogens is 368 g/mol. The van der Waals surface area contributed by atoms with E-state index in [1.54, 1.807) is 24.3 Å². The number of nitrogens with one attached hydrogen (secondary N) is 2. The molecule has 2 N–H and O–H groups in total. The zero-order valence-corrected chi connectivity index (χ0v) is 16.3. The van der Waals surface area contributed by atoms with Crippen LogP contribution in [0.1, 0.15) is 22.8 Å². The number of amides is 2. The Morgan fingerprint density at radius 3 is 2.55 bits per heavy atom. The van der Waals surface area contributed by atoms with Gasteiger partial charge in [-0.1, -0.05) is 42.5 Å². The fraction of sp³-hybridized carbons (Fsp3) is 0.130. The monoisotopic (exact) mass is 390 g/mol. The van der Waals surface area contributed by atoms with Crippen LogP contribution in [0.25, 0.3) is 16.8 Å². The van der Waals surface area contributed by atoms with E-state index in [0.29, 0.717) is 23.7 Å². The standard InChI is InChI=1S/C23H22N2O4/c1-3-29-20-13-11-18(15-21(20)28-2)23(27)25-24-22(26)14-12-17-9-6-8-16-7-4-5-10-19(16)17/h4-15H,3H2,1-2H3,(H,24,26)(H,25,27)/b14-12+. The van der Waals surface area contributed by atoms with E-state index in [2.05, 4.69) is 10.9 Å². The number of hydrogen-bond acceptors (Lipinski definition) is 4. The highest BCUT2D eigenvalue weighted by molar-refractivity contribution is 5.99. The van der Waals surface area contributed by atoms with Crippen molar-refractivity contribution in [2.75, 3.05) is 13.7 Å². The number of rotatable bonds is 6. The molecule has 0 unspecified atom stereocenters. The van der Waals surface area contributed by atoms with Crippen LogP contribution in [0.2, 0.25) is 0 Å². The minimum atomic E-state index is -0.460. The second-order valence-corrected chi connectivity index (χ2v) is 6.14. The first kappa shape index (κ1) is 19.9. The Bertz CT molecular complexity index is 1050. The van der Waals surface area contributed by atoms with E-state index < -0.39 is 11.8 Å². The number of hydrogen-bond donors (Lipinski definition) is 2. The summed E-state index contributed by atoms with van der Waals surface area (Å²) in [5.74, 6) is 0.0951. The maximum absolute atomic E-state index is 12.3. The van der Waals surface area contributed by atoms with Crippen molar-refractivity contribution < 1.29 is 19.1 Å². The minimum Gasteiger partial charge on any atom is -0.493 e. The smallest absolute Gasteiger partial charge is 0.269 e. The van der Waals surface area contributed by atoms with Crippen LogP contribution in [0, 0.1) is 0 Å². The Morgan fingerprint density at radius 1 is 0.966 bits per heavy atom. The summed E-state index contributed by atoms with van der Waals surface area (Å²) in [5, 5.41) is 2.14. The van der Waals surface area contributed by atoms with Crippen molar-refractivity contribution in [3.8, 4) is 11.5 Å². The molecule has 0 radical (unpaired) electrons. The van der Waals surface area contributed by atoms with E-state index in [0.717, 1.165) is 16.3 Å². The molecule has 0 spiro atoms. The maximum Gasteiger partial charge on any atom is 0.269 e. The van der Waals surface area contributed by atoms with Crippen molar-refractivity contribution >= 4 is 28.7 Å². The quantitative estimate of drug-likeness (QED) is 0.497. The minimum absolute atomic E-state index is 0.337. The zero-order valence-electron chi connectivity index (χ0n) is 16.3. The topological polar surface area (TPSA) is 76.7 Å². The summed E-state index contributed by atoms with van der Waals surface area (Å²) in [6.07, 6.45) is 3.09. The average Bonchev–Trinajstić information content (AvgIpc) is 2.76. The first-order valence-corrected chi connectivity index (χ1v) is 9.19. The van der Waals surface area contributed by atoms with Crippen LogP contribution in [-0.4, -0.2) is 25.5 Å². The van der Waals surface area contributed by atoms with Crippen LogP contribution in [0.5, 0.6) is 11.5 Å². The Labute approximate surface area is 169 Å².